The summed E-state index contributed by atoms with van der Waals surface area (Å²) < 4.78 is 59.4. The topological polar surface area (TPSA) is 130 Å². The lowest BCUT2D eigenvalue weighted by atomic mass is 9.97. The van der Waals surface area contributed by atoms with Gasteiger partial charge in [-0.25, -0.2) is 18.7 Å². The van der Waals surface area contributed by atoms with E-state index in [0.717, 1.165) is 0 Å². The van der Waals surface area contributed by atoms with Gasteiger partial charge in [-0.15, -0.1) is 0 Å². The van der Waals surface area contributed by atoms with E-state index in [0.29, 0.717) is 43.8 Å². The summed E-state index contributed by atoms with van der Waals surface area (Å²) in [5.74, 6) is -0.580. The monoisotopic (exact) mass is 548 g/mol. The summed E-state index contributed by atoms with van der Waals surface area (Å²) in [5, 5.41) is 0.604. The summed E-state index contributed by atoms with van der Waals surface area (Å²) in [4.78, 5) is 29.0. The molecule has 11 nitrogen and oxygen atoms in total. The Balaban J connectivity index is 1.70. The van der Waals surface area contributed by atoms with Gasteiger partial charge in [0, 0.05) is 50.1 Å². The summed E-state index contributed by atoms with van der Waals surface area (Å²) in [6.07, 6.45) is -0.653. The first-order chi connectivity index (χ1) is 18.1. The molecule has 1 amide bonds. The van der Waals surface area contributed by atoms with E-state index in [1.807, 2.05) is 19.0 Å². The van der Waals surface area contributed by atoms with Gasteiger partial charge in [0.1, 0.15) is 11.3 Å². The van der Waals surface area contributed by atoms with E-state index in [9.17, 15) is 18.0 Å². The number of morpholine rings is 1. The van der Waals surface area contributed by atoms with E-state index >= 15 is 4.39 Å². The van der Waals surface area contributed by atoms with E-state index in [1.165, 1.54) is 36.2 Å². The van der Waals surface area contributed by atoms with Crippen LogP contribution in [0.2, 0.25) is 0 Å². The zero-order chi connectivity index (χ0) is 27.4. The maximum Gasteiger partial charge on any atom is 0.415 e. The standard InChI is InChI=1S/C25H29FN4O7S/c1-27-38(33,34)28-21-6-4-5-16(23(21)26)13-19-20(15-29(2)3)18-8-7-17(14-22(18)37-24(19)31)36-25(32)30-9-11-35-12-10-30/h4-8,14,27-28H,9-13,15H2,1-3H3. The second kappa shape index (κ2) is 11.5. The van der Waals surface area contributed by atoms with Gasteiger partial charge in [-0.1, -0.05) is 12.1 Å². The molecule has 204 valence electrons. The van der Waals surface area contributed by atoms with Gasteiger partial charge in [0.25, 0.3) is 10.2 Å². The number of amides is 1. The minimum atomic E-state index is -3.94. The molecule has 0 bridgehead atoms. The summed E-state index contributed by atoms with van der Waals surface area (Å²) in [7, 11) is 0.923. The van der Waals surface area contributed by atoms with Crippen molar-refractivity contribution in [3.8, 4) is 5.75 Å². The van der Waals surface area contributed by atoms with Crippen molar-refractivity contribution in [2.24, 2.45) is 0 Å². The average molecular weight is 549 g/mol. The number of halogens is 1. The highest BCUT2D eigenvalue weighted by Gasteiger charge is 2.22. The van der Waals surface area contributed by atoms with Crippen LogP contribution >= 0.6 is 0 Å². The van der Waals surface area contributed by atoms with Crippen molar-refractivity contribution < 1.29 is 31.5 Å². The molecule has 1 aliphatic heterocycles. The second-order valence-corrected chi connectivity index (χ2v) is 10.6. The third kappa shape index (κ3) is 6.30. The molecule has 1 aliphatic rings. The molecule has 2 heterocycles. The first-order valence-corrected chi connectivity index (χ1v) is 13.3. The molecule has 0 spiro atoms. The highest BCUT2D eigenvalue weighted by atomic mass is 32.2. The van der Waals surface area contributed by atoms with Gasteiger partial charge in [0.2, 0.25) is 0 Å². The predicted molar refractivity (Wildman–Crippen MR) is 139 cm³/mol. The highest BCUT2D eigenvalue weighted by Crippen LogP contribution is 2.28. The number of carbonyl (C=O) groups excluding carboxylic acids is 1. The summed E-state index contributed by atoms with van der Waals surface area (Å²) in [6, 6.07) is 9.04. The number of fused-ring (bicyclic) bond motifs is 1. The molecule has 1 aromatic heterocycles. The third-order valence-corrected chi connectivity index (χ3v) is 7.03. The number of benzene rings is 2. The lowest BCUT2D eigenvalue weighted by molar-refractivity contribution is 0.0416. The van der Waals surface area contributed by atoms with Crippen LogP contribution < -0.4 is 19.8 Å². The van der Waals surface area contributed by atoms with Gasteiger partial charge in [-0.3, -0.25) is 4.72 Å². The van der Waals surface area contributed by atoms with Gasteiger partial charge in [-0.05, 0) is 43.4 Å². The van der Waals surface area contributed by atoms with Gasteiger partial charge >= 0.3 is 11.7 Å². The van der Waals surface area contributed by atoms with Crippen LogP contribution in [0.4, 0.5) is 14.9 Å². The van der Waals surface area contributed by atoms with Crippen molar-refractivity contribution in [1.29, 1.82) is 0 Å². The molecule has 0 aliphatic carbocycles. The third-order valence-electron chi connectivity index (χ3n) is 6.00. The molecule has 0 atom stereocenters. The normalized spacial score (nSPS) is 14.2. The Labute approximate surface area is 219 Å². The fourth-order valence-corrected chi connectivity index (χ4v) is 4.66. The van der Waals surface area contributed by atoms with Gasteiger partial charge in [0.15, 0.2) is 5.82 Å². The Morgan fingerprint density at radius 3 is 2.58 bits per heavy atom. The lowest BCUT2D eigenvalue weighted by Crippen LogP contribution is -2.42. The number of hydrogen-bond acceptors (Lipinski definition) is 8. The molecule has 4 rings (SSSR count). The van der Waals surface area contributed by atoms with Crippen LogP contribution in [-0.4, -0.2) is 71.8 Å². The van der Waals surface area contributed by atoms with Crippen molar-refractivity contribution in [3.63, 3.8) is 0 Å². The maximum atomic E-state index is 15.2. The Morgan fingerprint density at radius 2 is 1.89 bits per heavy atom. The smallest absolute Gasteiger partial charge is 0.415 e. The second-order valence-electron chi connectivity index (χ2n) is 8.97. The fraction of sp³-hybridized carbons (Fsp3) is 0.360. The quantitative estimate of drug-likeness (QED) is 0.410. The number of ether oxygens (including phenoxy) is 2. The maximum absolute atomic E-state index is 15.2. The van der Waals surface area contributed by atoms with E-state index < -0.39 is 27.7 Å². The molecule has 2 N–H and O–H groups in total. The van der Waals surface area contributed by atoms with Gasteiger partial charge in [0.05, 0.1) is 18.9 Å². The number of rotatable bonds is 8. The van der Waals surface area contributed by atoms with Crippen LogP contribution in [0.5, 0.6) is 5.75 Å². The molecule has 2 aromatic carbocycles. The Morgan fingerprint density at radius 1 is 1.16 bits per heavy atom. The Kier molecular flexibility index (Phi) is 8.31. The lowest BCUT2D eigenvalue weighted by Gasteiger charge is -2.25. The minimum absolute atomic E-state index is 0.115. The van der Waals surface area contributed by atoms with Crippen molar-refractivity contribution in [1.82, 2.24) is 14.5 Å². The van der Waals surface area contributed by atoms with Crippen LogP contribution in [0, 0.1) is 5.82 Å². The number of carbonyl (C=O) groups is 1. The molecular formula is C25H29FN4O7S. The van der Waals surface area contributed by atoms with Gasteiger partial charge in [-0.2, -0.15) is 8.42 Å². The van der Waals surface area contributed by atoms with Crippen LogP contribution in [0.25, 0.3) is 11.0 Å². The van der Waals surface area contributed by atoms with Crippen molar-refractivity contribution in [3.05, 3.63) is 69.3 Å². The molecule has 1 saturated heterocycles. The molecule has 1 fully saturated rings. The average Bonchev–Trinajstić information content (AvgIpc) is 2.88. The van der Waals surface area contributed by atoms with Crippen LogP contribution in [0.1, 0.15) is 16.7 Å². The first-order valence-electron chi connectivity index (χ1n) is 11.8. The van der Waals surface area contributed by atoms with E-state index in [2.05, 4.69) is 9.44 Å². The molecular weight excluding hydrogens is 519 g/mol. The fourth-order valence-electron chi connectivity index (χ4n) is 4.12. The SMILES string of the molecule is CNS(=O)(=O)Nc1cccc(Cc2c(CN(C)C)c3ccc(OC(=O)N4CCOCC4)cc3oc2=O)c1F. The Hall–Kier alpha value is -3.52. The van der Waals surface area contributed by atoms with Crippen molar-refractivity contribution >= 4 is 33.0 Å². The van der Waals surface area contributed by atoms with Crippen molar-refractivity contribution in [2.45, 2.75) is 13.0 Å². The summed E-state index contributed by atoms with van der Waals surface area (Å²) in [6.45, 7) is 2.06. The van der Waals surface area contributed by atoms with Crippen LogP contribution in [0.3, 0.4) is 0 Å². The number of nitrogens with one attached hydrogen (secondary N) is 2. The zero-order valence-electron chi connectivity index (χ0n) is 21.2. The zero-order valence-corrected chi connectivity index (χ0v) is 22.1. The summed E-state index contributed by atoms with van der Waals surface area (Å²) >= 11 is 0. The van der Waals surface area contributed by atoms with E-state index in [1.54, 1.807) is 12.1 Å². The first kappa shape index (κ1) is 27.5. The number of nitrogens with zero attached hydrogens (tertiary/aromatic N) is 2. The molecule has 0 radical (unpaired) electrons. The number of hydrogen-bond donors (Lipinski definition) is 2. The molecule has 0 unspecified atom stereocenters. The molecule has 0 saturated carbocycles. The van der Waals surface area contributed by atoms with Crippen LogP contribution in [-0.2, 0) is 27.9 Å². The Bertz CT molecular complexity index is 1500. The van der Waals surface area contributed by atoms with Gasteiger partial charge < -0.3 is 23.7 Å². The minimum Gasteiger partial charge on any atom is -0.422 e. The summed E-state index contributed by atoms with van der Waals surface area (Å²) in [5.41, 5.74) is 0.266. The van der Waals surface area contributed by atoms with Crippen LogP contribution in [0.15, 0.2) is 45.6 Å². The molecule has 3 aromatic rings. The predicted octanol–water partition coefficient (Wildman–Crippen LogP) is 2.29. The molecule has 38 heavy (non-hydrogen) atoms. The highest BCUT2D eigenvalue weighted by molar-refractivity contribution is 7.90. The number of anilines is 1. The van der Waals surface area contributed by atoms with E-state index in [-0.39, 0.29) is 34.6 Å². The largest absolute Gasteiger partial charge is 0.422 e. The van der Waals surface area contributed by atoms with E-state index in [4.69, 9.17) is 13.9 Å². The van der Waals surface area contributed by atoms with Crippen molar-refractivity contribution in [2.75, 3.05) is 52.2 Å². The molecule has 13 heteroatoms.